The van der Waals surface area contributed by atoms with Crippen molar-refractivity contribution in [3.63, 3.8) is 0 Å². The van der Waals surface area contributed by atoms with Crippen molar-refractivity contribution in [2.24, 2.45) is 4.99 Å². The van der Waals surface area contributed by atoms with Crippen LogP contribution in [0.5, 0.6) is 11.5 Å². The molecule has 1 aliphatic rings. The predicted octanol–water partition coefficient (Wildman–Crippen LogP) is 6.69. The van der Waals surface area contributed by atoms with Gasteiger partial charge in [0.15, 0.2) is 0 Å². The van der Waals surface area contributed by atoms with Gasteiger partial charge >= 0.3 is 0 Å². The highest BCUT2D eigenvalue weighted by atomic mass is 32.2. The molecule has 3 nitrogen and oxygen atoms in total. The highest BCUT2D eigenvalue weighted by molar-refractivity contribution is 8.19. The van der Waals surface area contributed by atoms with Crippen LogP contribution in [-0.2, 0) is 4.79 Å². The molecule has 4 aromatic carbocycles. The lowest BCUT2D eigenvalue weighted by Gasteiger charge is -2.05. The highest BCUT2D eigenvalue weighted by Crippen LogP contribution is 2.33. The van der Waals surface area contributed by atoms with E-state index >= 15 is 0 Å². The second-order valence-corrected chi connectivity index (χ2v) is 7.91. The molecule has 0 radical (unpaired) electrons. The van der Waals surface area contributed by atoms with Crippen molar-refractivity contribution in [3.05, 3.63) is 113 Å². The molecule has 0 unspecified atom stereocenters. The molecule has 4 aromatic rings. The van der Waals surface area contributed by atoms with E-state index in [4.69, 9.17) is 4.74 Å². The predicted molar refractivity (Wildman–Crippen MR) is 124 cm³/mol. The van der Waals surface area contributed by atoms with Gasteiger partial charge in [0.25, 0.3) is 5.91 Å². The maximum atomic E-state index is 12.4. The molecule has 1 amide bonds. The van der Waals surface area contributed by atoms with Crippen LogP contribution in [0.2, 0.25) is 0 Å². The molecule has 4 heteroatoms. The molecule has 5 rings (SSSR count). The van der Waals surface area contributed by atoms with Crippen molar-refractivity contribution in [3.8, 4) is 11.5 Å². The van der Waals surface area contributed by atoms with Gasteiger partial charge in [-0.3, -0.25) is 4.79 Å². The number of nitrogens with zero attached hydrogens (tertiary/aromatic N) is 1. The molecule has 0 fully saturated rings. The lowest BCUT2D eigenvalue weighted by atomic mass is 10.1. The fourth-order valence-electron chi connectivity index (χ4n) is 3.26. The van der Waals surface area contributed by atoms with Crippen molar-refractivity contribution < 1.29 is 9.53 Å². The second-order valence-electron chi connectivity index (χ2n) is 6.88. The van der Waals surface area contributed by atoms with E-state index in [9.17, 15) is 4.79 Å². The zero-order valence-electron chi connectivity index (χ0n) is 16.0. The number of rotatable bonds is 4. The van der Waals surface area contributed by atoms with Crippen molar-refractivity contribution in [1.82, 2.24) is 0 Å². The maximum Gasteiger partial charge on any atom is 0.284 e. The van der Waals surface area contributed by atoms with Crippen molar-refractivity contribution in [2.45, 2.75) is 0 Å². The number of benzene rings is 4. The van der Waals surface area contributed by atoms with Crippen LogP contribution in [-0.4, -0.2) is 11.0 Å². The number of ether oxygens (including phenoxy) is 1. The monoisotopic (exact) mass is 407 g/mol. The van der Waals surface area contributed by atoms with Crippen LogP contribution < -0.4 is 4.74 Å². The van der Waals surface area contributed by atoms with Gasteiger partial charge in [-0.15, -0.1) is 0 Å². The van der Waals surface area contributed by atoms with Gasteiger partial charge < -0.3 is 4.74 Å². The zero-order chi connectivity index (χ0) is 20.3. The topological polar surface area (TPSA) is 38.7 Å². The van der Waals surface area contributed by atoms with E-state index in [1.807, 2.05) is 78.9 Å². The summed E-state index contributed by atoms with van der Waals surface area (Å²) < 4.78 is 5.82. The Hall–Kier alpha value is -3.63. The molecule has 0 atom stereocenters. The largest absolute Gasteiger partial charge is 0.457 e. The Bertz CT molecular complexity index is 1290. The van der Waals surface area contributed by atoms with E-state index < -0.39 is 0 Å². The molecule has 1 aliphatic heterocycles. The highest BCUT2D eigenvalue weighted by Gasteiger charge is 2.23. The summed E-state index contributed by atoms with van der Waals surface area (Å²) in [7, 11) is 0. The lowest BCUT2D eigenvalue weighted by Crippen LogP contribution is -1.91. The number of thioether (sulfide) groups is 1. The van der Waals surface area contributed by atoms with E-state index in [1.54, 1.807) is 0 Å². The molecule has 0 bridgehead atoms. The molecule has 1 heterocycles. The molecule has 30 heavy (non-hydrogen) atoms. The van der Waals surface area contributed by atoms with Crippen LogP contribution in [0, 0.1) is 0 Å². The molecule has 0 saturated carbocycles. The quantitative estimate of drug-likeness (QED) is 0.354. The number of carbonyl (C=O) groups excluding carboxylic acids is 1. The summed E-state index contributed by atoms with van der Waals surface area (Å²) >= 11 is 1.41. The van der Waals surface area contributed by atoms with Crippen LogP contribution in [0.1, 0.15) is 11.1 Å². The zero-order valence-corrected chi connectivity index (χ0v) is 16.8. The number of amides is 1. The molecule has 0 spiro atoms. The van der Waals surface area contributed by atoms with Gasteiger partial charge in [0, 0.05) is 5.56 Å². The van der Waals surface area contributed by atoms with Crippen LogP contribution in [0.15, 0.2) is 107 Å². The minimum Gasteiger partial charge on any atom is -0.457 e. The average molecular weight is 407 g/mol. The summed E-state index contributed by atoms with van der Waals surface area (Å²) in [5.41, 5.74) is 1.89. The summed E-state index contributed by atoms with van der Waals surface area (Å²) in [4.78, 5) is 17.3. The number of fused-ring (bicyclic) bond motifs is 1. The minimum absolute atomic E-state index is 0.201. The SMILES string of the molecule is O=C1N=C(c2ccc3ccccc3c2)S/C1=C\c1ccc(Oc2ccccc2)cc1. The van der Waals surface area contributed by atoms with Crippen LogP contribution in [0.3, 0.4) is 0 Å². The smallest absolute Gasteiger partial charge is 0.284 e. The van der Waals surface area contributed by atoms with Gasteiger partial charge in [0.2, 0.25) is 0 Å². The standard InChI is InChI=1S/C26H17NO2S/c28-25-24(16-18-10-14-23(15-11-18)29-22-8-2-1-3-9-22)30-26(27-25)21-13-12-19-6-4-5-7-20(19)17-21/h1-17H/b24-16-. The van der Waals surface area contributed by atoms with Gasteiger partial charge in [-0.2, -0.15) is 0 Å². The van der Waals surface area contributed by atoms with E-state index in [-0.39, 0.29) is 5.91 Å². The normalized spacial score (nSPS) is 14.9. The second kappa shape index (κ2) is 8.01. The molecule has 0 N–H and O–H groups in total. The Morgan fingerprint density at radius 3 is 2.23 bits per heavy atom. The maximum absolute atomic E-state index is 12.4. The molecular formula is C26H17NO2S. The summed E-state index contributed by atoms with van der Waals surface area (Å²) in [6, 6.07) is 31.6. The van der Waals surface area contributed by atoms with E-state index in [2.05, 4.69) is 29.3 Å². The number of hydrogen-bond donors (Lipinski definition) is 0. The molecule has 0 saturated heterocycles. The summed E-state index contributed by atoms with van der Waals surface area (Å²) in [5, 5.41) is 3.04. The first kappa shape index (κ1) is 18.4. The Morgan fingerprint density at radius 1 is 0.733 bits per heavy atom. The number of aliphatic imine (C=N–C) groups is 1. The van der Waals surface area contributed by atoms with Gasteiger partial charge in [0.05, 0.1) is 4.91 Å². The first-order valence-electron chi connectivity index (χ1n) is 9.59. The summed E-state index contributed by atoms with van der Waals surface area (Å²) in [6.07, 6.45) is 1.87. The Kier molecular flexibility index (Phi) is 4.91. The van der Waals surface area contributed by atoms with E-state index in [1.165, 1.54) is 17.1 Å². The fraction of sp³-hybridized carbons (Fsp3) is 0. The number of para-hydroxylation sites is 1. The molecule has 0 aromatic heterocycles. The number of hydrogen-bond acceptors (Lipinski definition) is 3. The third-order valence-corrected chi connectivity index (χ3v) is 5.81. The minimum atomic E-state index is -0.201. The van der Waals surface area contributed by atoms with Crippen LogP contribution >= 0.6 is 11.8 Å². The van der Waals surface area contributed by atoms with Crippen molar-refractivity contribution in [1.29, 1.82) is 0 Å². The van der Waals surface area contributed by atoms with Gasteiger partial charge in [-0.1, -0.05) is 78.5 Å². The average Bonchev–Trinajstić information content (AvgIpc) is 3.15. The lowest BCUT2D eigenvalue weighted by molar-refractivity contribution is -0.113. The molecular weight excluding hydrogens is 390 g/mol. The third-order valence-electron chi connectivity index (χ3n) is 4.77. The summed E-state index contributed by atoms with van der Waals surface area (Å²) in [6.45, 7) is 0. The third kappa shape index (κ3) is 3.91. The first-order valence-corrected chi connectivity index (χ1v) is 10.4. The van der Waals surface area contributed by atoms with E-state index in [0.717, 1.165) is 33.1 Å². The Labute approximate surface area is 178 Å². The Morgan fingerprint density at radius 2 is 1.43 bits per heavy atom. The van der Waals surface area contributed by atoms with Gasteiger partial charge in [-0.25, -0.2) is 4.99 Å². The van der Waals surface area contributed by atoms with E-state index in [0.29, 0.717) is 4.91 Å². The van der Waals surface area contributed by atoms with Crippen molar-refractivity contribution in [2.75, 3.05) is 0 Å². The van der Waals surface area contributed by atoms with Crippen molar-refractivity contribution >= 4 is 39.6 Å². The number of carbonyl (C=O) groups is 1. The van der Waals surface area contributed by atoms with Crippen LogP contribution in [0.25, 0.3) is 16.8 Å². The first-order chi connectivity index (χ1) is 14.7. The molecule has 0 aliphatic carbocycles. The van der Waals surface area contributed by atoms with Crippen LogP contribution in [0.4, 0.5) is 0 Å². The summed E-state index contributed by atoms with van der Waals surface area (Å²) in [5.74, 6) is 1.34. The molecule has 144 valence electrons. The Balaban J connectivity index is 1.33. The van der Waals surface area contributed by atoms with Gasteiger partial charge in [-0.05, 0) is 52.7 Å². The fourth-order valence-corrected chi connectivity index (χ4v) is 4.17. The van der Waals surface area contributed by atoms with Gasteiger partial charge in [0.1, 0.15) is 16.5 Å².